The van der Waals surface area contributed by atoms with E-state index in [1.165, 1.54) is 0 Å². The number of aliphatic imine (C=N–C) groups is 1. The van der Waals surface area contributed by atoms with Crippen LogP contribution in [0.1, 0.15) is 29.7 Å². The van der Waals surface area contributed by atoms with Gasteiger partial charge >= 0.3 is 12.0 Å². The van der Waals surface area contributed by atoms with Crippen molar-refractivity contribution in [3.63, 3.8) is 0 Å². The molecule has 178 valence electrons. The topological polar surface area (TPSA) is 95.5 Å². The maximum atomic E-state index is 13.2. The second-order valence-electron chi connectivity index (χ2n) is 8.27. The van der Waals surface area contributed by atoms with E-state index < -0.39 is 24.0 Å². The van der Waals surface area contributed by atoms with Crippen LogP contribution in [0.4, 0.5) is 4.79 Å². The van der Waals surface area contributed by atoms with Gasteiger partial charge in [-0.3, -0.25) is 4.79 Å². The molecule has 2 heterocycles. The summed E-state index contributed by atoms with van der Waals surface area (Å²) < 4.78 is 22.4. The van der Waals surface area contributed by atoms with E-state index in [4.69, 9.17) is 18.9 Å². The van der Waals surface area contributed by atoms with Crippen LogP contribution >= 0.6 is 0 Å². The van der Waals surface area contributed by atoms with Crippen LogP contribution in [0, 0.1) is 5.92 Å². The number of carbonyl (C=O) groups is 2. The van der Waals surface area contributed by atoms with Crippen molar-refractivity contribution >= 4 is 17.7 Å². The first kappa shape index (κ1) is 22.5. The normalized spacial score (nSPS) is 18.4. The minimum atomic E-state index is -0.803. The van der Waals surface area contributed by atoms with Crippen molar-refractivity contribution in [1.29, 1.82) is 0 Å². The van der Waals surface area contributed by atoms with Crippen molar-refractivity contribution in [3.05, 3.63) is 89.5 Å². The van der Waals surface area contributed by atoms with Crippen LogP contribution < -0.4 is 19.5 Å². The van der Waals surface area contributed by atoms with Crippen molar-refractivity contribution in [2.24, 2.45) is 10.9 Å². The van der Waals surface area contributed by atoms with Gasteiger partial charge in [-0.2, -0.15) is 0 Å². The molecule has 2 atom stereocenters. The first-order valence-electron chi connectivity index (χ1n) is 11.2. The van der Waals surface area contributed by atoms with Crippen LogP contribution in [-0.2, 0) is 22.7 Å². The first-order chi connectivity index (χ1) is 17.1. The standard InChI is InChI=1S/C27H24N2O6/c1-17-24(26(30)33-15-19-11-12-22-23(13-19)35-16-34-22)25(29-27(31)28-17)20-9-5-6-10-21(20)32-14-18-7-3-2-4-8-18/h2-13,24-25H,14-16H2,1H3,(H,29,31). The van der Waals surface area contributed by atoms with Crippen molar-refractivity contribution in [2.75, 3.05) is 6.79 Å². The molecule has 0 spiro atoms. The molecule has 0 radical (unpaired) electrons. The van der Waals surface area contributed by atoms with Gasteiger partial charge in [0.1, 0.15) is 24.9 Å². The number of hydrogen-bond donors (Lipinski definition) is 1. The molecule has 0 aliphatic carbocycles. The van der Waals surface area contributed by atoms with E-state index in [1.54, 1.807) is 19.1 Å². The highest BCUT2D eigenvalue weighted by atomic mass is 16.7. The third-order valence-corrected chi connectivity index (χ3v) is 5.90. The second kappa shape index (κ2) is 9.89. The molecule has 2 amide bonds. The minimum absolute atomic E-state index is 0.0477. The zero-order chi connectivity index (χ0) is 24.2. The number of hydrogen-bond acceptors (Lipinski definition) is 6. The summed E-state index contributed by atoms with van der Waals surface area (Å²) in [5.74, 6) is 0.550. The van der Waals surface area contributed by atoms with Crippen LogP contribution in [0.2, 0.25) is 0 Å². The summed E-state index contributed by atoms with van der Waals surface area (Å²) >= 11 is 0. The predicted molar refractivity (Wildman–Crippen MR) is 127 cm³/mol. The lowest BCUT2D eigenvalue weighted by Crippen LogP contribution is -2.44. The average molecular weight is 472 g/mol. The number of carbonyl (C=O) groups excluding carboxylic acids is 2. The summed E-state index contributed by atoms with van der Waals surface area (Å²) in [4.78, 5) is 29.5. The summed E-state index contributed by atoms with van der Waals surface area (Å²) in [6.07, 6.45) is 0. The largest absolute Gasteiger partial charge is 0.489 e. The van der Waals surface area contributed by atoms with Gasteiger partial charge in [-0.1, -0.05) is 54.6 Å². The Morgan fingerprint density at radius 1 is 0.971 bits per heavy atom. The molecule has 0 saturated carbocycles. The van der Waals surface area contributed by atoms with Crippen LogP contribution in [0.25, 0.3) is 0 Å². The van der Waals surface area contributed by atoms with E-state index in [-0.39, 0.29) is 13.4 Å². The summed E-state index contributed by atoms with van der Waals surface area (Å²) in [6.45, 7) is 2.23. The van der Waals surface area contributed by atoms with Crippen LogP contribution in [-0.4, -0.2) is 24.5 Å². The second-order valence-corrected chi connectivity index (χ2v) is 8.27. The number of rotatable bonds is 7. The molecular formula is C27H24N2O6. The summed E-state index contributed by atoms with van der Waals surface area (Å²) in [5.41, 5.74) is 2.83. The monoisotopic (exact) mass is 472 g/mol. The highest BCUT2D eigenvalue weighted by Gasteiger charge is 2.39. The quantitative estimate of drug-likeness (QED) is 0.506. The van der Waals surface area contributed by atoms with Gasteiger partial charge in [-0.25, -0.2) is 9.79 Å². The molecule has 3 aromatic carbocycles. The van der Waals surface area contributed by atoms with E-state index in [0.29, 0.717) is 35.1 Å². The molecule has 35 heavy (non-hydrogen) atoms. The van der Waals surface area contributed by atoms with Gasteiger partial charge in [-0.05, 0) is 36.2 Å². The molecule has 2 aliphatic rings. The minimum Gasteiger partial charge on any atom is -0.489 e. The maximum absolute atomic E-state index is 13.2. The fourth-order valence-corrected chi connectivity index (χ4v) is 4.16. The molecule has 0 saturated heterocycles. The summed E-state index contributed by atoms with van der Waals surface area (Å²) in [6, 6.07) is 21.3. The van der Waals surface area contributed by atoms with Gasteiger partial charge in [0.05, 0.1) is 6.04 Å². The molecule has 0 aromatic heterocycles. The average Bonchev–Trinajstić information content (AvgIpc) is 3.34. The number of urea groups is 1. The van der Waals surface area contributed by atoms with Crippen LogP contribution in [0.3, 0.4) is 0 Å². The molecule has 0 bridgehead atoms. The third kappa shape index (κ3) is 4.96. The van der Waals surface area contributed by atoms with Gasteiger partial charge in [0.2, 0.25) is 6.79 Å². The van der Waals surface area contributed by atoms with Crippen molar-refractivity contribution in [3.8, 4) is 17.2 Å². The number of nitrogens with zero attached hydrogens (tertiary/aromatic N) is 1. The predicted octanol–water partition coefficient (Wildman–Crippen LogP) is 4.58. The highest BCUT2D eigenvalue weighted by molar-refractivity contribution is 6.08. The lowest BCUT2D eigenvalue weighted by molar-refractivity contribution is -0.148. The number of nitrogens with one attached hydrogen (secondary N) is 1. The third-order valence-electron chi connectivity index (χ3n) is 5.90. The van der Waals surface area contributed by atoms with Crippen molar-refractivity contribution < 1.29 is 28.5 Å². The van der Waals surface area contributed by atoms with Crippen molar-refractivity contribution in [2.45, 2.75) is 26.2 Å². The fourth-order valence-electron chi connectivity index (χ4n) is 4.16. The Hall–Kier alpha value is -4.33. The molecule has 0 fully saturated rings. The zero-order valence-electron chi connectivity index (χ0n) is 19.1. The van der Waals surface area contributed by atoms with Gasteiger partial charge < -0.3 is 24.3 Å². The molecule has 8 nitrogen and oxygen atoms in total. The van der Waals surface area contributed by atoms with Gasteiger partial charge in [0, 0.05) is 11.3 Å². The molecule has 2 unspecified atom stereocenters. The molecule has 8 heteroatoms. The van der Waals surface area contributed by atoms with Gasteiger partial charge in [0.15, 0.2) is 11.5 Å². The Bertz CT molecular complexity index is 1270. The lowest BCUT2D eigenvalue weighted by Gasteiger charge is -2.30. The number of esters is 1. The summed E-state index contributed by atoms with van der Waals surface area (Å²) in [5, 5.41) is 2.82. The Morgan fingerprint density at radius 2 is 1.74 bits per heavy atom. The molecule has 5 rings (SSSR count). The highest BCUT2D eigenvalue weighted by Crippen LogP contribution is 2.35. The maximum Gasteiger partial charge on any atom is 0.341 e. The number of ether oxygens (including phenoxy) is 4. The number of para-hydroxylation sites is 1. The van der Waals surface area contributed by atoms with E-state index >= 15 is 0 Å². The van der Waals surface area contributed by atoms with E-state index in [1.807, 2.05) is 60.7 Å². The lowest BCUT2D eigenvalue weighted by atomic mass is 9.88. The molecule has 1 N–H and O–H groups in total. The SMILES string of the molecule is CC1=NC(=O)NC(c2ccccc2OCc2ccccc2)C1C(=O)OCc1ccc2c(c1)OCO2. The van der Waals surface area contributed by atoms with E-state index in [9.17, 15) is 9.59 Å². The fraction of sp³-hybridized carbons (Fsp3) is 0.222. The van der Waals surface area contributed by atoms with Crippen molar-refractivity contribution in [1.82, 2.24) is 5.32 Å². The van der Waals surface area contributed by atoms with Crippen LogP contribution in [0.15, 0.2) is 77.8 Å². The number of amides is 2. The first-order valence-corrected chi connectivity index (χ1v) is 11.2. The van der Waals surface area contributed by atoms with E-state index in [0.717, 1.165) is 11.1 Å². The molecular weight excluding hydrogens is 448 g/mol. The smallest absolute Gasteiger partial charge is 0.341 e. The molecule has 2 aliphatic heterocycles. The Morgan fingerprint density at radius 3 is 2.60 bits per heavy atom. The zero-order valence-corrected chi connectivity index (χ0v) is 19.1. The van der Waals surface area contributed by atoms with E-state index in [2.05, 4.69) is 10.3 Å². The van der Waals surface area contributed by atoms with Crippen LogP contribution in [0.5, 0.6) is 17.2 Å². The Labute approximate surface area is 202 Å². The Balaban J connectivity index is 1.35. The number of fused-ring (bicyclic) bond motifs is 1. The van der Waals surface area contributed by atoms with Gasteiger partial charge in [-0.15, -0.1) is 0 Å². The van der Waals surface area contributed by atoms with Gasteiger partial charge in [0.25, 0.3) is 0 Å². The summed E-state index contributed by atoms with van der Waals surface area (Å²) in [7, 11) is 0. The Kier molecular flexibility index (Phi) is 6.34. The number of benzene rings is 3. The molecule has 3 aromatic rings.